The van der Waals surface area contributed by atoms with E-state index in [2.05, 4.69) is 25.3 Å². The molecule has 0 unspecified atom stereocenters. The molecule has 4 aromatic rings. The van der Waals surface area contributed by atoms with Crippen molar-refractivity contribution < 1.29 is 18.0 Å². The molecule has 1 N–H and O–H groups in total. The summed E-state index contributed by atoms with van der Waals surface area (Å²) in [5, 5.41) is 5.09. The SMILES string of the molecule is O=C(Cc1nccs1)Nc1ncnc2ccc(-c3cccc(C(F)(F)F)c3)nc12. The van der Waals surface area contributed by atoms with Gasteiger partial charge in [0.1, 0.15) is 16.9 Å². The number of rotatable bonds is 4. The molecule has 0 saturated carbocycles. The molecule has 0 saturated heterocycles. The summed E-state index contributed by atoms with van der Waals surface area (Å²) in [7, 11) is 0. The Bertz CT molecular complexity index is 1180. The second-order valence-electron chi connectivity index (χ2n) is 6.02. The molecule has 0 fully saturated rings. The fourth-order valence-electron chi connectivity index (χ4n) is 2.70. The Hall–Kier alpha value is -3.40. The highest BCUT2D eigenvalue weighted by Crippen LogP contribution is 2.32. The Morgan fingerprint density at radius 3 is 2.72 bits per heavy atom. The fraction of sp³-hybridized carbons (Fsp3) is 0.105. The molecule has 0 spiro atoms. The van der Waals surface area contributed by atoms with Crippen LogP contribution in [0.15, 0.2) is 54.3 Å². The Morgan fingerprint density at radius 2 is 1.97 bits per heavy atom. The number of alkyl halides is 3. The minimum absolute atomic E-state index is 0.0798. The maximum atomic E-state index is 13.0. The normalized spacial score (nSPS) is 11.6. The van der Waals surface area contributed by atoms with E-state index in [1.807, 2.05) is 0 Å². The predicted molar refractivity (Wildman–Crippen MR) is 102 cm³/mol. The van der Waals surface area contributed by atoms with Crippen LogP contribution in [0.1, 0.15) is 10.6 Å². The molecule has 4 rings (SSSR count). The number of thiazole rings is 1. The van der Waals surface area contributed by atoms with Crippen LogP contribution in [0.25, 0.3) is 22.3 Å². The minimum Gasteiger partial charge on any atom is -0.308 e. The van der Waals surface area contributed by atoms with E-state index in [0.717, 1.165) is 12.1 Å². The number of amides is 1. The standard InChI is InChI=1S/C19H12F3N5OS/c20-19(21,22)12-3-1-2-11(8-12)13-4-5-14-17(26-13)18(25-10-24-14)27-15(28)9-16-23-6-7-29-16/h1-8,10H,9H2,(H,24,25,27,28). The Kier molecular flexibility index (Phi) is 4.93. The summed E-state index contributed by atoms with van der Waals surface area (Å²) in [5.41, 5.74) is 0.591. The third-order valence-corrected chi connectivity index (χ3v) is 4.80. The highest BCUT2D eigenvalue weighted by atomic mass is 32.1. The van der Waals surface area contributed by atoms with Crippen molar-refractivity contribution in [2.24, 2.45) is 0 Å². The first-order chi connectivity index (χ1) is 13.9. The van der Waals surface area contributed by atoms with Crippen molar-refractivity contribution >= 4 is 34.1 Å². The number of hydrogen-bond acceptors (Lipinski definition) is 6. The number of carbonyl (C=O) groups is 1. The van der Waals surface area contributed by atoms with E-state index in [4.69, 9.17) is 0 Å². The molecule has 146 valence electrons. The number of halogens is 3. The summed E-state index contributed by atoms with van der Waals surface area (Å²) in [4.78, 5) is 28.9. The van der Waals surface area contributed by atoms with Crippen LogP contribution in [0, 0.1) is 0 Å². The highest BCUT2D eigenvalue weighted by Gasteiger charge is 2.30. The maximum Gasteiger partial charge on any atom is 0.416 e. The molecule has 1 aromatic carbocycles. The summed E-state index contributed by atoms with van der Waals surface area (Å²) in [6.45, 7) is 0. The number of carbonyl (C=O) groups excluding carboxylic acids is 1. The second-order valence-corrected chi connectivity index (χ2v) is 6.99. The third-order valence-electron chi connectivity index (χ3n) is 4.02. The van der Waals surface area contributed by atoms with Gasteiger partial charge in [0.05, 0.1) is 23.2 Å². The van der Waals surface area contributed by atoms with Crippen LogP contribution in [0.3, 0.4) is 0 Å². The van der Waals surface area contributed by atoms with Crippen molar-refractivity contribution in [1.82, 2.24) is 19.9 Å². The molecular weight excluding hydrogens is 403 g/mol. The van der Waals surface area contributed by atoms with E-state index in [0.29, 0.717) is 21.8 Å². The largest absolute Gasteiger partial charge is 0.416 e. The number of pyridine rings is 1. The predicted octanol–water partition coefficient (Wildman–Crippen LogP) is 4.35. The van der Waals surface area contributed by atoms with Crippen LogP contribution in [0.5, 0.6) is 0 Å². The summed E-state index contributed by atoms with van der Waals surface area (Å²) >= 11 is 1.36. The zero-order chi connectivity index (χ0) is 20.4. The Morgan fingerprint density at radius 1 is 1.10 bits per heavy atom. The van der Waals surface area contributed by atoms with Gasteiger partial charge in [0, 0.05) is 17.1 Å². The van der Waals surface area contributed by atoms with Gasteiger partial charge in [-0.2, -0.15) is 13.2 Å². The molecule has 0 atom stereocenters. The van der Waals surface area contributed by atoms with Gasteiger partial charge in [-0.3, -0.25) is 4.79 Å². The van der Waals surface area contributed by atoms with Crippen LogP contribution in [-0.2, 0) is 17.4 Å². The molecule has 0 aliphatic rings. The number of anilines is 1. The lowest BCUT2D eigenvalue weighted by Gasteiger charge is -2.10. The number of benzene rings is 1. The zero-order valence-electron chi connectivity index (χ0n) is 14.6. The van der Waals surface area contributed by atoms with Crippen molar-refractivity contribution in [3.63, 3.8) is 0 Å². The lowest BCUT2D eigenvalue weighted by molar-refractivity contribution is -0.137. The van der Waals surface area contributed by atoms with E-state index in [-0.39, 0.29) is 23.7 Å². The number of nitrogens with zero attached hydrogens (tertiary/aromatic N) is 4. The van der Waals surface area contributed by atoms with Crippen molar-refractivity contribution in [3.05, 3.63) is 64.9 Å². The topological polar surface area (TPSA) is 80.7 Å². The van der Waals surface area contributed by atoms with Crippen LogP contribution in [-0.4, -0.2) is 25.8 Å². The molecular formula is C19H12F3N5OS. The van der Waals surface area contributed by atoms with Gasteiger partial charge in [-0.05, 0) is 24.3 Å². The molecule has 10 heteroatoms. The van der Waals surface area contributed by atoms with Crippen molar-refractivity contribution in [2.45, 2.75) is 12.6 Å². The van der Waals surface area contributed by atoms with Crippen molar-refractivity contribution in [3.8, 4) is 11.3 Å². The van der Waals surface area contributed by atoms with Gasteiger partial charge in [0.25, 0.3) is 0 Å². The molecule has 29 heavy (non-hydrogen) atoms. The van der Waals surface area contributed by atoms with Gasteiger partial charge >= 0.3 is 6.18 Å². The Balaban J connectivity index is 1.68. The van der Waals surface area contributed by atoms with Gasteiger partial charge in [-0.1, -0.05) is 12.1 Å². The minimum atomic E-state index is -4.45. The number of nitrogens with one attached hydrogen (secondary N) is 1. The molecule has 0 aliphatic carbocycles. The summed E-state index contributed by atoms with van der Waals surface area (Å²) in [6, 6.07) is 8.08. The fourth-order valence-corrected chi connectivity index (χ4v) is 3.32. The van der Waals surface area contributed by atoms with E-state index < -0.39 is 11.7 Å². The van der Waals surface area contributed by atoms with Crippen molar-refractivity contribution in [2.75, 3.05) is 5.32 Å². The molecule has 1 amide bonds. The first kappa shape index (κ1) is 18.9. The van der Waals surface area contributed by atoms with Gasteiger partial charge in [-0.25, -0.2) is 19.9 Å². The van der Waals surface area contributed by atoms with Crippen LogP contribution >= 0.6 is 11.3 Å². The van der Waals surface area contributed by atoms with Crippen LogP contribution in [0.2, 0.25) is 0 Å². The van der Waals surface area contributed by atoms with Gasteiger partial charge < -0.3 is 5.32 Å². The summed E-state index contributed by atoms with van der Waals surface area (Å²) in [6.07, 6.45) is -1.48. The number of fused-ring (bicyclic) bond motifs is 1. The van der Waals surface area contributed by atoms with Crippen LogP contribution < -0.4 is 5.32 Å². The molecule has 0 radical (unpaired) electrons. The van der Waals surface area contributed by atoms with Gasteiger partial charge in [0.15, 0.2) is 5.82 Å². The second kappa shape index (κ2) is 7.55. The average molecular weight is 415 g/mol. The average Bonchev–Trinajstić information content (AvgIpc) is 3.20. The lowest BCUT2D eigenvalue weighted by atomic mass is 10.1. The smallest absolute Gasteiger partial charge is 0.308 e. The molecule has 0 bridgehead atoms. The number of hydrogen-bond donors (Lipinski definition) is 1. The van der Waals surface area contributed by atoms with Crippen molar-refractivity contribution in [1.29, 1.82) is 0 Å². The number of aromatic nitrogens is 4. The third kappa shape index (κ3) is 4.21. The molecule has 6 nitrogen and oxygen atoms in total. The first-order valence-electron chi connectivity index (χ1n) is 8.38. The molecule has 0 aliphatic heterocycles. The van der Waals surface area contributed by atoms with E-state index in [9.17, 15) is 18.0 Å². The van der Waals surface area contributed by atoms with Crippen LogP contribution in [0.4, 0.5) is 19.0 Å². The summed E-state index contributed by atoms with van der Waals surface area (Å²) < 4.78 is 39.0. The van der Waals surface area contributed by atoms with Gasteiger partial charge in [-0.15, -0.1) is 11.3 Å². The molecule has 3 aromatic heterocycles. The Labute approximate surface area is 166 Å². The van der Waals surface area contributed by atoms with E-state index in [1.165, 1.54) is 29.8 Å². The lowest BCUT2D eigenvalue weighted by Crippen LogP contribution is -2.16. The van der Waals surface area contributed by atoms with E-state index >= 15 is 0 Å². The van der Waals surface area contributed by atoms with E-state index in [1.54, 1.807) is 23.7 Å². The quantitative estimate of drug-likeness (QED) is 0.536. The highest BCUT2D eigenvalue weighted by molar-refractivity contribution is 7.09. The monoisotopic (exact) mass is 415 g/mol. The first-order valence-corrected chi connectivity index (χ1v) is 9.26. The molecule has 3 heterocycles. The zero-order valence-corrected chi connectivity index (χ0v) is 15.5. The van der Waals surface area contributed by atoms with Gasteiger partial charge in [0.2, 0.25) is 5.91 Å². The maximum absolute atomic E-state index is 13.0. The summed E-state index contributed by atoms with van der Waals surface area (Å²) in [5.74, 6) is -0.142.